The van der Waals surface area contributed by atoms with Crippen molar-refractivity contribution in [1.29, 1.82) is 0 Å². The number of benzene rings is 1. The molecule has 1 aromatic carbocycles. The van der Waals surface area contributed by atoms with Gasteiger partial charge in [-0.2, -0.15) is 0 Å². The molecule has 3 N–H and O–H groups in total. The number of carbonyl (C=O) groups excluding carboxylic acids is 2. The number of fused-ring (bicyclic) bond motifs is 1. The summed E-state index contributed by atoms with van der Waals surface area (Å²) >= 11 is 0. The molecular weight excluding hydrogens is 278 g/mol. The molecule has 1 aliphatic carbocycles. The SMILES string of the molecule is NC(=O)c1cccc2c1C(=O)N(CCCNC1CCCC1)C2. The van der Waals surface area contributed by atoms with E-state index < -0.39 is 5.91 Å². The minimum atomic E-state index is -0.532. The van der Waals surface area contributed by atoms with Gasteiger partial charge in [-0.25, -0.2) is 0 Å². The van der Waals surface area contributed by atoms with Crippen molar-refractivity contribution < 1.29 is 9.59 Å². The van der Waals surface area contributed by atoms with Gasteiger partial charge in [0.25, 0.3) is 5.91 Å². The van der Waals surface area contributed by atoms with E-state index in [1.807, 2.05) is 11.0 Å². The third-order valence-electron chi connectivity index (χ3n) is 4.67. The van der Waals surface area contributed by atoms with Crippen LogP contribution in [0.3, 0.4) is 0 Å². The number of rotatable bonds is 6. The van der Waals surface area contributed by atoms with Crippen molar-refractivity contribution in [3.63, 3.8) is 0 Å². The summed E-state index contributed by atoms with van der Waals surface area (Å²) in [4.78, 5) is 25.7. The molecule has 0 unspecified atom stereocenters. The summed E-state index contributed by atoms with van der Waals surface area (Å²) in [5, 5.41) is 3.56. The lowest BCUT2D eigenvalue weighted by Crippen LogP contribution is -2.31. The maximum Gasteiger partial charge on any atom is 0.255 e. The van der Waals surface area contributed by atoms with Crippen LogP contribution in [0, 0.1) is 0 Å². The Labute approximate surface area is 130 Å². The molecule has 3 rings (SSSR count). The lowest BCUT2D eigenvalue weighted by atomic mass is 10.0. The Kier molecular flexibility index (Phi) is 4.43. The van der Waals surface area contributed by atoms with Crippen LogP contribution in [0.5, 0.6) is 0 Å². The second kappa shape index (κ2) is 6.48. The zero-order chi connectivity index (χ0) is 15.5. The van der Waals surface area contributed by atoms with Gasteiger partial charge >= 0.3 is 0 Å². The molecule has 1 fully saturated rings. The molecule has 0 bridgehead atoms. The Morgan fingerprint density at radius 2 is 2.09 bits per heavy atom. The lowest BCUT2D eigenvalue weighted by Gasteiger charge is -2.17. The van der Waals surface area contributed by atoms with Gasteiger partial charge in [0.15, 0.2) is 0 Å². The van der Waals surface area contributed by atoms with E-state index in [0.29, 0.717) is 30.3 Å². The Bertz CT molecular complexity index is 579. The highest BCUT2D eigenvalue weighted by Crippen LogP contribution is 2.26. The van der Waals surface area contributed by atoms with Crippen LogP contribution < -0.4 is 11.1 Å². The monoisotopic (exact) mass is 301 g/mol. The molecule has 118 valence electrons. The molecule has 22 heavy (non-hydrogen) atoms. The summed E-state index contributed by atoms with van der Waals surface area (Å²) < 4.78 is 0. The van der Waals surface area contributed by atoms with E-state index in [9.17, 15) is 9.59 Å². The maximum absolute atomic E-state index is 12.5. The van der Waals surface area contributed by atoms with Gasteiger partial charge in [-0.05, 0) is 37.4 Å². The van der Waals surface area contributed by atoms with Gasteiger partial charge in [0.2, 0.25) is 5.91 Å². The Balaban J connectivity index is 1.55. The van der Waals surface area contributed by atoms with E-state index in [2.05, 4.69) is 5.32 Å². The van der Waals surface area contributed by atoms with Gasteiger partial charge in [0.1, 0.15) is 0 Å². The molecule has 1 saturated carbocycles. The lowest BCUT2D eigenvalue weighted by molar-refractivity contribution is 0.0772. The van der Waals surface area contributed by atoms with Gasteiger partial charge < -0.3 is 16.0 Å². The minimum Gasteiger partial charge on any atom is -0.366 e. The topological polar surface area (TPSA) is 75.4 Å². The third-order valence-corrected chi connectivity index (χ3v) is 4.67. The van der Waals surface area contributed by atoms with Crippen molar-refractivity contribution in [3.05, 3.63) is 34.9 Å². The van der Waals surface area contributed by atoms with Crippen molar-refractivity contribution in [2.75, 3.05) is 13.1 Å². The molecule has 2 amide bonds. The average Bonchev–Trinajstić information content (AvgIpc) is 3.12. The summed E-state index contributed by atoms with van der Waals surface area (Å²) in [6, 6.07) is 5.98. The van der Waals surface area contributed by atoms with Gasteiger partial charge in [-0.1, -0.05) is 25.0 Å². The number of amides is 2. The second-order valence-corrected chi connectivity index (χ2v) is 6.22. The normalized spacial score (nSPS) is 18.0. The molecule has 1 heterocycles. The van der Waals surface area contributed by atoms with Crippen LogP contribution in [0.15, 0.2) is 18.2 Å². The highest BCUT2D eigenvalue weighted by molar-refractivity contribution is 6.09. The zero-order valence-corrected chi connectivity index (χ0v) is 12.8. The van der Waals surface area contributed by atoms with Gasteiger partial charge in [-0.3, -0.25) is 9.59 Å². The summed E-state index contributed by atoms with van der Waals surface area (Å²) in [6.45, 7) is 2.23. The van der Waals surface area contributed by atoms with Crippen LogP contribution >= 0.6 is 0 Å². The fourth-order valence-electron chi connectivity index (χ4n) is 3.51. The first-order valence-electron chi connectivity index (χ1n) is 8.11. The van der Waals surface area contributed by atoms with Crippen LogP contribution in [-0.2, 0) is 6.54 Å². The number of hydrogen-bond donors (Lipinski definition) is 2. The fraction of sp³-hybridized carbons (Fsp3) is 0.529. The van der Waals surface area contributed by atoms with Crippen molar-refractivity contribution in [1.82, 2.24) is 10.2 Å². The first-order valence-corrected chi connectivity index (χ1v) is 8.11. The number of nitrogens with zero attached hydrogens (tertiary/aromatic N) is 1. The van der Waals surface area contributed by atoms with E-state index in [0.717, 1.165) is 18.5 Å². The molecule has 0 atom stereocenters. The van der Waals surface area contributed by atoms with Crippen LogP contribution in [0.4, 0.5) is 0 Å². The first kappa shape index (κ1) is 15.0. The van der Waals surface area contributed by atoms with Crippen LogP contribution in [0.25, 0.3) is 0 Å². The molecule has 0 saturated heterocycles. The van der Waals surface area contributed by atoms with Crippen LogP contribution in [-0.4, -0.2) is 35.8 Å². The first-order chi connectivity index (χ1) is 10.7. The number of hydrogen-bond acceptors (Lipinski definition) is 3. The number of primary amides is 1. The van der Waals surface area contributed by atoms with E-state index in [4.69, 9.17) is 5.73 Å². The Morgan fingerprint density at radius 1 is 1.32 bits per heavy atom. The molecule has 1 aliphatic heterocycles. The number of carbonyl (C=O) groups is 2. The van der Waals surface area contributed by atoms with Crippen LogP contribution in [0.2, 0.25) is 0 Å². The highest BCUT2D eigenvalue weighted by atomic mass is 16.2. The average molecular weight is 301 g/mol. The van der Waals surface area contributed by atoms with Crippen molar-refractivity contribution in [2.45, 2.75) is 44.7 Å². The molecule has 5 nitrogen and oxygen atoms in total. The van der Waals surface area contributed by atoms with Crippen LogP contribution in [0.1, 0.15) is 58.4 Å². The van der Waals surface area contributed by atoms with Gasteiger partial charge in [0, 0.05) is 19.1 Å². The molecule has 1 aromatic rings. The summed E-state index contributed by atoms with van der Waals surface area (Å²) in [5.74, 6) is -0.597. The standard InChI is InChI=1S/C17H23N3O2/c18-16(21)14-8-3-5-12-11-20(17(22)15(12)14)10-4-9-19-13-6-1-2-7-13/h3,5,8,13,19H,1-2,4,6-7,9-11H2,(H2,18,21). The Hall–Kier alpha value is -1.88. The quantitative estimate of drug-likeness (QED) is 0.785. The number of nitrogens with one attached hydrogen (secondary N) is 1. The number of nitrogens with two attached hydrogens (primary N) is 1. The molecular formula is C17H23N3O2. The Morgan fingerprint density at radius 3 is 2.82 bits per heavy atom. The van der Waals surface area contributed by atoms with Gasteiger partial charge in [-0.15, -0.1) is 0 Å². The zero-order valence-electron chi connectivity index (χ0n) is 12.8. The molecule has 0 spiro atoms. The summed E-state index contributed by atoms with van der Waals surface area (Å²) in [6.07, 6.45) is 6.13. The maximum atomic E-state index is 12.5. The summed E-state index contributed by atoms with van der Waals surface area (Å²) in [7, 11) is 0. The molecule has 2 aliphatic rings. The van der Waals surface area contributed by atoms with Gasteiger partial charge in [0.05, 0.1) is 11.1 Å². The predicted octanol–water partition coefficient (Wildman–Crippen LogP) is 1.66. The van der Waals surface area contributed by atoms with E-state index in [-0.39, 0.29) is 5.91 Å². The van der Waals surface area contributed by atoms with Crippen molar-refractivity contribution in [2.24, 2.45) is 5.73 Å². The fourth-order valence-corrected chi connectivity index (χ4v) is 3.51. The second-order valence-electron chi connectivity index (χ2n) is 6.22. The smallest absolute Gasteiger partial charge is 0.255 e. The van der Waals surface area contributed by atoms with E-state index in [1.165, 1.54) is 25.7 Å². The molecule has 0 radical (unpaired) electrons. The van der Waals surface area contributed by atoms with Crippen molar-refractivity contribution in [3.8, 4) is 0 Å². The highest BCUT2D eigenvalue weighted by Gasteiger charge is 2.30. The minimum absolute atomic E-state index is 0.0646. The van der Waals surface area contributed by atoms with E-state index in [1.54, 1.807) is 12.1 Å². The summed E-state index contributed by atoms with van der Waals surface area (Å²) in [5.41, 5.74) is 7.11. The predicted molar refractivity (Wildman–Crippen MR) is 84.6 cm³/mol. The van der Waals surface area contributed by atoms with Crippen molar-refractivity contribution >= 4 is 11.8 Å². The largest absolute Gasteiger partial charge is 0.366 e. The third kappa shape index (κ3) is 2.99. The molecule has 5 heteroatoms. The van der Waals surface area contributed by atoms with E-state index >= 15 is 0 Å². The molecule has 0 aromatic heterocycles.